The van der Waals surface area contributed by atoms with Gasteiger partial charge in [-0.05, 0) is 45.2 Å². The van der Waals surface area contributed by atoms with Crippen molar-refractivity contribution in [1.29, 1.82) is 5.26 Å². The molecule has 2 fully saturated rings. The maximum atomic E-state index is 14.3. The van der Waals surface area contributed by atoms with Crippen LogP contribution in [0.2, 0.25) is 0 Å². The van der Waals surface area contributed by atoms with Gasteiger partial charge in [0.2, 0.25) is 5.91 Å². The summed E-state index contributed by atoms with van der Waals surface area (Å²) in [6, 6.07) is 4.37. The number of benzene rings is 1. The minimum atomic E-state index is -0.720. The second-order valence-corrected chi connectivity index (χ2v) is 7.97. The van der Waals surface area contributed by atoms with Crippen LogP contribution in [0.15, 0.2) is 12.1 Å². The van der Waals surface area contributed by atoms with Crippen LogP contribution in [0.3, 0.4) is 0 Å². The van der Waals surface area contributed by atoms with Gasteiger partial charge in [0, 0.05) is 51.2 Å². The van der Waals surface area contributed by atoms with Crippen LogP contribution in [-0.4, -0.2) is 61.0 Å². The van der Waals surface area contributed by atoms with E-state index in [-0.39, 0.29) is 35.5 Å². The van der Waals surface area contributed by atoms with Crippen molar-refractivity contribution in [1.82, 2.24) is 9.80 Å². The van der Waals surface area contributed by atoms with Crippen molar-refractivity contribution in [2.24, 2.45) is 5.92 Å². The third kappa shape index (κ3) is 5.37. The zero-order valence-electron chi connectivity index (χ0n) is 17.0. The van der Waals surface area contributed by atoms with Crippen molar-refractivity contribution in [3.8, 4) is 6.07 Å². The maximum Gasteiger partial charge on any atom is 0.225 e. The van der Waals surface area contributed by atoms with Crippen molar-refractivity contribution < 1.29 is 13.6 Å². The Balaban J connectivity index is 0.00000300. The van der Waals surface area contributed by atoms with Gasteiger partial charge < -0.3 is 9.80 Å². The highest BCUT2D eigenvalue weighted by Gasteiger charge is 2.31. The molecule has 2 saturated heterocycles. The number of nitriles is 1. The molecule has 2 aliphatic rings. The van der Waals surface area contributed by atoms with Gasteiger partial charge in [0.25, 0.3) is 0 Å². The van der Waals surface area contributed by atoms with E-state index in [1.165, 1.54) is 0 Å². The molecule has 160 valence electrons. The lowest BCUT2D eigenvalue weighted by Gasteiger charge is -2.35. The van der Waals surface area contributed by atoms with Crippen LogP contribution in [0.25, 0.3) is 0 Å². The molecule has 0 atom stereocenters. The number of amides is 1. The molecule has 8 heteroatoms. The SMILES string of the molecule is CC(C)N1CCCN(C(=O)C2CCN(c3c(F)cc(C#N)cc3F)CC2)CC1.Cl. The third-order valence-electron chi connectivity index (χ3n) is 5.88. The van der Waals surface area contributed by atoms with Gasteiger partial charge in [0.1, 0.15) is 5.69 Å². The van der Waals surface area contributed by atoms with E-state index in [0.29, 0.717) is 32.0 Å². The molecular weight excluding hydrogens is 398 g/mol. The zero-order chi connectivity index (χ0) is 20.3. The quantitative estimate of drug-likeness (QED) is 0.743. The number of halogens is 3. The third-order valence-corrected chi connectivity index (χ3v) is 5.88. The summed E-state index contributed by atoms with van der Waals surface area (Å²) in [4.78, 5) is 19.0. The lowest BCUT2D eigenvalue weighted by Crippen LogP contribution is -2.44. The Morgan fingerprint density at radius 1 is 1.07 bits per heavy atom. The van der Waals surface area contributed by atoms with Gasteiger partial charge in [-0.3, -0.25) is 9.69 Å². The number of carbonyl (C=O) groups excluding carboxylic acids is 1. The second kappa shape index (κ2) is 10.2. The topological polar surface area (TPSA) is 50.6 Å². The van der Waals surface area contributed by atoms with Gasteiger partial charge in [0.05, 0.1) is 11.6 Å². The first-order valence-corrected chi connectivity index (χ1v) is 10.1. The summed E-state index contributed by atoms with van der Waals surface area (Å²) >= 11 is 0. The summed E-state index contributed by atoms with van der Waals surface area (Å²) in [5.74, 6) is -1.36. The molecule has 0 spiro atoms. The summed E-state index contributed by atoms with van der Waals surface area (Å²) < 4.78 is 28.5. The van der Waals surface area contributed by atoms with E-state index in [2.05, 4.69) is 18.7 Å². The molecule has 2 heterocycles. The summed E-state index contributed by atoms with van der Waals surface area (Å²) in [7, 11) is 0. The van der Waals surface area contributed by atoms with Crippen LogP contribution in [0.5, 0.6) is 0 Å². The first-order valence-electron chi connectivity index (χ1n) is 10.1. The molecule has 1 aromatic rings. The largest absolute Gasteiger partial charge is 0.367 e. The summed E-state index contributed by atoms with van der Waals surface area (Å²) in [6.07, 6.45) is 2.15. The molecular formula is C21H29ClF2N4O. The number of hydrogen-bond acceptors (Lipinski definition) is 4. The fraction of sp³-hybridized carbons (Fsp3) is 0.619. The Hall–Kier alpha value is -1.91. The van der Waals surface area contributed by atoms with Crippen LogP contribution in [0, 0.1) is 28.9 Å². The highest BCUT2D eigenvalue weighted by Crippen LogP contribution is 2.30. The fourth-order valence-electron chi connectivity index (χ4n) is 4.21. The highest BCUT2D eigenvalue weighted by molar-refractivity contribution is 5.85. The number of carbonyl (C=O) groups is 1. The van der Waals surface area contributed by atoms with E-state index in [0.717, 1.165) is 44.7 Å². The van der Waals surface area contributed by atoms with Gasteiger partial charge in [-0.25, -0.2) is 8.78 Å². The van der Waals surface area contributed by atoms with Crippen LogP contribution < -0.4 is 4.90 Å². The van der Waals surface area contributed by atoms with Crippen LogP contribution in [-0.2, 0) is 4.79 Å². The van der Waals surface area contributed by atoms with Crippen molar-refractivity contribution in [3.05, 3.63) is 29.3 Å². The van der Waals surface area contributed by atoms with Crippen LogP contribution in [0.1, 0.15) is 38.7 Å². The highest BCUT2D eigenvalue weighted by atomic mass is 35.5. The predicted octanol–water partition coefficient (Wildman–Crippen LogP) is 3.42. The minimum Gasteiger partial charge on any atom is -0.367 e. The Labute approximate surface area is 177 Å². The second-order valence-electron chi connectivity index (χ2n) is 7.97. The Kier molecular flexibility index (Phi) is 8.23. The Morgan fingerprint density at radius 3 is 2.24 bits per heavy atom. The summed E-state index contributed by atoms with van der Waals surface area (Å²) in [5.41, 5.74) is -0.118. The van der Waals surface area contributed by atoms with E-state index >= 15 is 0 Å². The zero-order valence-corrected chi connectivity index (χ0v) is 17.9. The number of anilines is 1. The van der Waals surface area contributed by atoms with Crippen LogP contribution >= 0.6 is 12.4 Å². The normalized spacial score (nSPS) is 18.9. The Morgan fingerprint density at radius 2 is 1.69 bits per heavy atom. The molecule has 5 nitrogen and oxygen atoms in total. The number of piperidine rings is 1. The molecule has 1 amide bonds. The first-order chi connectivity index (χ1) is 13.4. The van der Waals surface area contributed by atoms with Gasteiger partial charge >= 0.3 is 0 Å². The molecule has 0 unspecified atom stereocenters. The molecule has 0 radical (unpaired) electrons. The maximum absolute atomic E-state index is 14.3. The minimum absolute atomic E-state index is 0. The van der Waals surface area contributed by atoms with Crippen LogP contribution in [0.4, 0.5) is 14.5 Å². The lowest BCUT2D eigenvalue weighted by molar-refractivity contribution is -0.136. The van der Waals surface area contributed by atoms with Gasteiger partial charge in [0.15, 0.2) is 11.6 Å². The smallest absolute Gasteiger partial charge is 0.225 e. The number of rotatable bonds is 3. The number of nitrogens with zero attached hydrogens (tertiary/aromatic N) is 4. The van der Waals surface area contributed by atoms with Crippen molar-refractivity contribution in [2.75, 3.05) is 44.2 Å². The average molecular weight is 427 g/mol. The van der Waals surface area contributed by atoms with Crippen molar-refractivity contribution in [2.45, 2.75) is 39.2 Å². The van der Waals surface area contributed by atoms with Crippen molar-refractivity contribution in [3.63, 3.8) is 0 Å². The van der Waals surface area contributed by atoms with Gasteiger partial charge in [-0.2, -0.15) is 5.26 Å². The standard InChI is InChI=1S/C21H28F2N4O.ClH/c1-15(2)25-6-3-7-27(11-10-25)21(28)17-4-8-26(9-5-17)20-18(22)12-16(14-24)13-19(20)23;/h12-13,15,17H,3-11H2,1-2H3;1H. The summed E-state index contributed by atoms with van der Waals surface area (Å²) in [6.45, 7) is 8.64. The average Bonchev–Trinajstić information content (AvgIpc) is 2.93. The molecule has 0 N–H and O–H groups in total. The van der Waals surface area contributed by atoms with Gasteiger partial charge in [-0.1, -0.05) is 0 Å². The van der Waals surface area contributed by atoms with Crippen molar-refractivity contribution >= 4 is 24.0 Å². The Bertz CT molecular complexity index is 737. The molecule has 1 aromatic carbocycles. The van der Waals surface area contributed by atoms with E-state index in [1.807, 2.05) is 4.90 Å². The molecule has 2 aliphatic heterocycles. The van der Waals surface area contributed by atoms with E-state index in [4.69, 9.17) is 5.26 Å². The van der Waals surface area contributed by atoms with E-state index < -0.39 is 11.6 Å². The van der Waals surface area contributed by atoms with E-state index in [9.17, 15) is 13.6 Å². The predicted molar refractivity (Wildman–Crippen MR) is 111 cm³/mol. The molecule has 0 bridgehead atoms. The lowest BCUT2D eigenvalue weighted by atomic mass is 9.94. The molecule has 0 aliphatic carbocycles. The summed E-state index contributed by atoms with van der Waals surface area (Å²) in [5, 5.41) is 8.83. The molecule has 3 rings (SSSR count). The number of hydrogen-bond donors (Lipinski definition) is 0. The monoisotopic (exact) mass is 426 g/mol. The first kappa shape index (κ1) is 23.4. The molecule has 0 aromatic heterocycles. The molecule has 29 heavy (non-hydrogen) atoms. The van der Waals surface area contributed by atoms with Gasteiger partial charge in [-0.15, -0.1) is 12.4 Å². The van der Waals surface area contributed by atoms with E-state index in [1.54, 1.807) is 11.0 Å². The fourth-order valence-corrected chi connectivity index (χ4v) is 4.21. The molecule has 0 saturated carbocycles.